The summed E-state index contributed by atoms with van der Waals surface area (Å²) in [4.78, 5) is 4.09. The largest absolute Gasteiger partial charge is 0.381 e. The van der Waals surface area contributed by atoms with Gasteiger partial charge in [0.25, 0.3) is 0 Å². The van der Waals surface area contributed by atoms with Gasteiger partial charge in [-0.05, 0) is 12.8 Å². The van der Waals surface area contributed by atoms with Gasteiger partial charge in [0, 0.05) is 35.8 Å². The summed E-state index contributed by atoms with van der Waals surface area (Å²) in [5.74, 6) is 0. The van der Waals surface area contributed by atoms with Crippen LogP contribution >= 0.6 is 22.6 Å². The van der Waals surface area contributed by atoms with Crippen LogP contribution in [0.2, 0.25) is 0 Å². The van der Waals surface area contributed by atoms with Crippen LogP contribution < -0.4 is 0 Å². The zero-order valence-corrected chi connectivity index (χ0v) is 8.77. The molecule has 0 bridgehead atoms. The van der Waals surface area contributed by atoms with Gasteiger partial charge < -0.3 is 4.74 Å². The van der Waals surface area contributed by atoms with E-state index in [0.29, 0.717) is 6.04 Å². The first-order valence-corrected chi connectivity index (χ1v) is 5.08. The van der Waals surface area contributed by atoms with Crippen molar-refractivity contribution in [1.82, 2.24) is 14.8 Å². The van der Waals surface area contributed by atoms with E-state index in [1.807, 2.05) is 4.68 Å². The maximum Gasteiger partial charge on any atom is 0.211 e. The topological polar surface area (TPSA) is 39.9 Å². The predicted octanol–water partition coefficient (Wildman–Crippen LogP) is 1.23. The molecule has 0 N–H and O–H groups in total. The molecule has 0 aromatic carbocycles. The Morgan fingerprint density at radius 3 is 2.83 bits per heavy atom. The number of ether oxygens (including phenoxy) is 1. The summed E-state index contributed by atoms with van der Waals surface area (Å²) in [6.45, 7) is 1.70. The van der Waals surface area contributed by atoms with Crippen LogP contribution in [0.3, 0.4) is 0 Å². The molecule has 5 heteroatoms. The molecule has 1 aliphatic rings. The Morgan fingerprint density at radius 2 is 2.25 bits per heavy atom. The minimum absolute atomic E-state index is 0.495. The molecular formula is C7H10IN3O. The second-order valence-electron chi connectivity index (χ2n) is 2.84. The summed E-state index contributed by atoms with van der Waals surface area (Å²) in [5.41, 5.74) is 0. The van der Waals surface area contributed by atoms with Crippen LogP contribution in [-0.2, 0) is 4.74 Å². The molecule has 0 atom stereocenters. The first kappa shape index (κ1) is 8.43. The summed E-state index contributed by atoms with van der Waals surface area (Å²) in [6.07, 6.45) is 3.91. The Balaban J connectivity index is 2.08. The zero-order chi connectivity index (χ0) is 8.39. The number of nitrogens with zero attached hydrogens (tertiary/aromatic N) is 3. The van der Waals surface area contributed by atoms with Crippen LogP contribution in [0.4, 0.5) is 0 Å². The van der Waals surface area contributed by atoms with E-state index in [4.69, 9.17) is 4.74 Å². The molecule has 2 heterocycles. The number of hydrogen-bond acceptors (Lipinski definition) is 3. The van der Waals surface area contributed by atoms with Gasteiger partial charge in [-0.3, -0.25) is 0 Å². The predicted molar refractivity (Wildman–Crippen MR) is 51.8 cm³/mol. The second kappa shape index (κ2) is 3.69. The van der Waals surface area contributed by atoms with Gasteiger partial charge in [-0.25, -0.2) is 9.67 Å². The summed E-state index contributed by atoms with van der Waals surface area (Å²) >= 11 is 2.12. The average Bonchev–Trinajstić information content (AvgIpc) is 2.54. The van der Waals surface area contributed by atoms with E-state index in [1.165, 1.54) is 0 Å². The van der Waals surface area contributed by atoms with Gasteiger partial charge in [-0.15, -0.1) is 5.10 Å². The van der Waals surface area contributed by atoms with Crippen molar-refractivity contribution in [1.29, 1.82) is 0 Å². The highest BCUT2D eigenvalue weighted by molar-refractivity contribution is 14.1. The van der Waals surface area contributed by atoms with Crippen LogP contribution in [0.5, 0.6) is 0 Å². The van der Waals surface area contributed by atoms with Gasteiger partial charge in [0.2, 0.25) is 3.83 Å². The van der Waals surface area contributed by atoms with Crippen molar-refractivity contribution in [3.63, 3.8) is 0 Å². The third-order valence-electron chi connectivity index (χ3n) is 2.05. The fourth-order valence-electron chi connectivity index (χ4n) is 1.38. The maximum atomic E-state index is 5.26. The lowest BCUT2D eigenvalue weighted by molar-refractivity contribution is 0.0660. The molecule has 0 aliphatic carbocycles. The van der Waals surface area contributed by atoms with Crippen LogP contribution in [0, 0.1) is 3.83 Å². The molecule has 0 saturated carbocycles. The summed E-state index contributed by atoms with van der Waals surface area (Å²) in [5, 5.41) is 4.27. The molecule has 0 spiro atoms. The first-order valence-electron chi connectivity index (χ1n) is 4.00. The van der Waals surface area contributed by atoms with Crippen LogP contribution in [0.15, 0.2) is 6.33 Å². The van der Waals surface area contributed by atoms with E-state index < -0.39 is 0 Å². The van der Waals surface area contributed by atoms with Crippen molar-refractivity contribution < 1.29 is 4.74 Å². The van der Waals surface area contributed by atoms with Crippen molar-refractivity contribution >= 4 is 22.6 Å². The van der Waals surface area contributed by atoms with Crippen molar-refractivity contribution in [2.45, 2.75) is 18.9 Å². The number of aromatic nitrogens is 3. The smallest absolute Gasteiger partial charge is 0.211 e. The van der Waals surface area contributed by atoms with Gasteiger partial charge >= 0.3 is 0 Å². The fourth-order valence-corrected chi connectivity index (χ4v) is 1.75. The van der Waals surface area contributed by atoms with Gasteiger partial charge in [-0.2, -0.15) is 0 Å². The molecule has 1 aromatic rings. The van der Waals surface area contributed by atoms with Gasteiger partial charge in [0.05, 0.1) is 6.04 Å². The molecule has 1 aliphatic heterocycles. The van der Waals surface area contributed by atoms with Crippen molar-refractivity contribution in [3.05, 3.63) is 10.2 Å². The van der Waals surface area contributed by atoms with E-state index in [1.54, 1.807) is 6.33 Å². The summed E-state index contributed by atoms with van der Waals surface area (Å²) in [7, 11) is 0. The van der Waals surface area contributed by atoms with Gasteiger partial charge in [0.1, 0.15) is 6.33 Å². The highest BCUT2D eigenvalue weighted by Crippen LogP contribution is 2.19. The molecule has 1 fully saturated rings. The summed E-state index contributed by atoms with van der Waals surface area (Å²) in [6, 6.07) is 0.495. The molecular weight excluding hydrogens is 269 g/mol. The Bertz CT molecular complexity index is 257. The number of rotatable bonds is 1. The second-order valence-corrected chi connectivity index (χ2v) is 3.80. The van der Waals surface area contributed by atoms with Crippen LogP contribution in [-0.4, -0.2) is 28.0 Å². The highest BCUT2D eigenvalue weighted by atomic mass is 127. The standard InChI is InChI=1S/C7H10IN3O/c8-7-9-5-11(10-7)6-1-3-12-4-2-6/h5-6H,1-4H2. The van der Waals surface area contributed by atoms with E-state index in [2.05, 4.69) is 32.7 Å². The third kappa shape index (κ3) is 1.77. The van der Waals surface area contributed by atoms with Crippen molar-refractivity contribution in [2.24, 2.45) is 0 Å². The molecule has 2 rings (SSSR count). The van der Waals surface area contributed by atoms with E-state index >= 15 is 0 Å². The quantitative estimate of drug-likeness (QED) is 0.726. The van der Waals surface area contributed by atoms with E-state index in [0.717, 1.165) is 29.9 Å². The zero-order valence-electron chi connectivity index (χ0n) is 6.61. The lowest BCUT2D eigenvalue weighted by Gasteiger charge is -2.21. The highest BCUT2D eigenvalue weighted by Gasteiger charge is 2.16. The van der Waals surface area contributed by atoms with Crippen LogP contribution in [0.25, 0.3) is 0 Å². The first-order chi connectivity index (χ1) is 5.86. The maximum absolute atomic E-state index is 5.26. The molecule has 0 amide bonds. The van der Waals surface area contributed by atoms with Crippen LogP contribution in [0.1, 0.15) is 18.9 Å². The Labute approximate surface area is 84.5 Å². The minimum atomic E-state index is 0.495. The van der Waals surface area contributed by atoms with Gasteiger partial charge in [-0.1, -0.05) is 0 Å². The minimum Gasteiger partial charge on any atom is -0.381 e. The Morgan fingerprint density at radius 1 is 1.50 bits per heavy atom. The van der Waals surface area contributed by atoms with E-state index in [-0.39, 0.29) is 0 Å². The molecule has 0 unspecified atom stereocenters. The Hall–Kier alpha value is -0.170. The molecule has 0 radical (unpaired) electrons. The normalized spacial score (nSPS) is 19.8. The SMILES string of the molecule is Ic1ncn(C2CCOCC2)n1. The fraction of sp³-hybridized carbons (Fsp3) is 0.714. The Kier molecular flexibility index (Phi) is 2.60. The number of hydrogen-bond donors (Lipinski definition) is 0. The average molecular weight is 279 g/mol. The molecule has 1 saturated heterocycles. The molecule has 12 heavy (non-hydrogen) atoms. The molecule has 1 aromatic heterocycles. The molecule has 4 nitrogen and oxygen atoms in total. The molecule has 66 valence electrons. The van der Waals surface area contributed by atoms with Crippen molar-refractivity contribution in [3.8, 4) is 0 Å². The monoisotopic (exact) mass is 279 g/mol. The lowest BCUT2D eigenvalue weighted by Crippen LogP contribution is -2.19. The lowest BCUT2D eigenvalue weighted by atomic mass is 10.1. The van der Waals surface area contributed by atoms with Crippen molar-refractivity contribution in [2.75, 3.05) is 13.2 Å². The van der Waals surface area contributed by atoms with E-state index in [9.17, 15) is 0 Å². The third-order valence-corrected chi connectivity index (χ3v) is 2.54. The van der Waals surface area contributed by atoms with Gasteiger partial charge in [0.15, 0.2) is 0 Å². The number of halogens is 1. The summed E-state index contributed by atoms with van der Waals surface area (Å²) < 4.78 is 8.03.